The van der Waals surface area contributed by atoms with Crippen LogP contribution in [0.2, 0.25) is 16.6 Å². The van der Waals surface area contributed by atoms with Gasteiger partial charge in [0, 0.05) is 12.7 Å². The van der Waals surface area contributed by atoms with E-state index in [1.54, 1.807) is 0 Å². The average molecular weight is 365 g/mol. The summed E-state index contributed by atoms with van der Waals surface area (Å²) in [5, 5.41) is 9.30. The normalized spacial score (nSPS) is 13.8. The van der Waals surface area contributed by atoms with Gasteiger partial charge in [0.1, 0.15) is 0 Å². The van der Waals surface area contributed by atoms with Crippen molar-refractivity contribution in [3.8, 4) is 0 Å². The van der Waals surface area contributed by atoms with E-state index in [1.807, 2.05) is 0 Å². The molecule has 0 aliphatic rings. The van der Waals surface area contributed by atoms with Crippen LogP contribution in [0.5, 0.6) is 0 Å². The van der Waals surface area contributed by atoms with Crippen molar-refractivity contribution >= 4 is 8.32 Å². The van der Waals surface area contributed by atoms with Crippen LogP contribution >= 0.6 is 0 Å². The second kappa shape index (κ2) is 11.2. The second-order valence-electron chi connectivity index (χ2n) is 8.30. The Kier molecular flexibility index (Phi) is 9.99. The van der Waals surface area contributed by atoms with Crippen LogP contribution < -0.4 is 0 Å². The van der Waals surface area contributed by atoms with Crippen molar-refractivity contribution in [1.29, 1.82) is 0 Å². The van der Waals surface area contributed by atoms with Crippen LogP contribution in [-0.4, -0.2) is 26.1 Å². The summed E-state index contributed by atoms with van der Waals surface area (Å²) in [7, 11) is -1.85. The Bertz CT molecular complexity index is 435. The number of aliphatic hydroxyl groups excluding tert-OH is 1. The van der Waals surface area contributed by atoms with Gasteiger partial charge in [0.15, 0.2) is 0 Å². The fraction of sp³-hybridized carbons (Fsp3) is 0.727. The van der Waals surface area contributed by atoms with Gasteiger partial charge in [-0.2, -0.15) is 0 Å². The first-order valence-corrected chi connectivity index (χ1v) is 12.3. The largest absolute Gasteiger partial charge is 0.413 e. The molecule has 3 heteroatoms. The zero-order valence-corrected chi connectivity index (χ0v) is 18.3. The topological polar surface area (TPSA) is 29.5 Å². The highest BCUT2D eigenvalue weighted by Crippen LogP contribution is 2.43. The number of hydrogen-bond acceptors (Lipinski definition) is 2. The van der Waals surface area contributed by atoms with Crippen LogP contribution in [0, 0.1) is 0 Å². The minimum absolute atomic E-state index is 0.262. The van der Waals surface area contributed by atoms with Gasteiger partial charge < -0.3 is 9.53 Å². The van der Waals surface area contributed by atoms with Crippen LogP contribution in [0.3, 0.4) is 0 Å². The van der Waals surface area contributed by atoms with E-state index in [0.717, 1.165) is 32.1 Å². The molecular weight excluding hydrogens is 324 g/mol. The van der Waals surface area contributed by atoms with Gasteiger partial charge in [0.05, 0.1) is 0 Å². The zero-order chi connectivity index (χ0) is 18.9. The Hall–Kier alpha value is -0.643. The zero-order valence-electron chi connectivity index (χ0n) is 17.3. The Morgan fingerprint density at radius 3 is 1.84 bits per heavy atom. The van der Waals surface area contributed by atoms with Crippen LogP contribution in [0.4, 0.5) is 0 Å². The summed E-state index contributed by atoms with van der Waals surface area (Å²) in [5.41, 5.74) is 3.23. The lowest BCUT2D eigenvalue weighted by molar-refractivity contribution is 0.140. The lowest BCUT2D eigenvalue weighted by Gasteiger charge is -2.45. The number of aliphatic hydroxyl groups is 1. The molecule has 0 heterocycles. The summed E-state index contributed by atoms with van der Waals surface area (Å²) in [6.07, 6.45) is 5.46. The van der Waals surface area contributed by atoms with Gasteiger partial charge in [-0.15, -0.1) is 0 Å². The van der Waals surface area contributed by atoms with Crippen molar-refractivity contribution in [2.75, 3.05) is 6.61 Å². The molecule has 0 saturated carbocycles. The molecule has 0 aromatic heterocycles. The Morgan fingerprint density at radius 2 is 1.36 bits per heavy atom. The van der Waals surface area contributed by atoms with E-state index in [4.69, 9.17) is 4.43 Å². The predicted octanol–water partition coefficient (Wildman–Crippen LogP) is 6.34. The molecule has 0 saturated heterocycles. The predicted molar refractivity (Wildman–Crippen MR) is 112 cm³/mol. The minimum atomic E-state index is -1.85. The molecule has 0 radical (unpaired) electrons. The standard InChI is InChI=1S/C22H40O2Si/c1-18(2)25(19(3)4,20(5)6)24-22(16-11-17-23)15-10-14-21-12-8-7-9-13-21/h7-9,12-13,18-20,22-23H,10-11,14-17H2,1-6H3. The summed E-state index contributed by atoms with van der Waals surface area (Å²) in [4.78, 5) is 0. The quantitative estimate of drug-likeness (QED) is 0.438. The van der Waals surface area contributed by atoms with Gasteiger partial charge >= 0.3 is 0 Å². The van der Waals surface area contributed by atoms with Gasteiger partial charge in [-0.05, 0) is 54.3 Å². The molecule has 0 aliphatic carbocycles. The number of rotatable bonds is 12. The van der Waals surface area contributed by atoms with E-state index in [1.165, 1.54) is 5.56 Å². The monoisotopic (exact) mass is 364 g/mol. The molecule has 0 fully saturated rings. The highest BCUT2D eigenvalue weighted by molar-refractivity contribution is 6.77. The van der Waals surface area contributed by atoms with E-state index in [9.17, 15) is 5.11 Å². The van der Waals surface area contributed by atoms with E-state index < -0.39 is 8.32 Å². The van der Waals surface area contributed by atoms with Crippen molar-refractivity contribution < 1.29 is 9.53 Å². The average Bonchev–Trinajstić information content (AvgIpc) is 2.56. The number of benzene rings is 1. The molecule has 25 heavy (non-hydrogen) atoms. The molecular formula is C22H40O2Si. The van der Waals surface area contributed by atoms with Crippen LogP contribution in [0.15, 0.2) is 30.3 Å². The van der Waals surface area contributed by atoms with E-state index >= 15 is 0 Å². The lowest BCUT2D eigenvalue weighted by Crippen LogP contribution is -2.50. The van der Waals surface area contributed by atoms with E-state index in [0.29, 0.717) is 16.6 Å². The molecule has 144 valence electrons. The van der Waals surface area contributed by atoms with Crippen LogP contribution in [-0.2, 0) is 10.8 Å². The first-order valence-electron chi connectivity index (χ1n) is 10.2. The molecule has 0 spiro atoms. The second-order valence-corrected chi connectivity index (χ2v) is 13.7. The molecule has 2 nitrogen and oxygen atoms in total. The molecule has 0 aliphatic heterocycles. The highest BCUT2D eigenvalue weighted by atomic mass is 28.4. The third-order valence-electron chi connectivity index (χ3n) is 5.60. The smallest absolute Gasteiger partial charge is 0.200 e. The SMILES string of the molecule is CC(C)[Si](OC(CCCO)CCCc1ccccc1)(C(C)C)C(C)C. The van der Waals surface area contributed by atoms with Gasteiger partial charge in [0.25, 0.3) is 0 Å². The summed E-state index contributed by atoms with van der Waals surface area (Å²) >= 11 is 0. The first kappa shape index (κ1) is 22.4. The fourth-order valence-electron chi connectivity index (χ4n) is 4.46. The van der Waals surface area contributed by atoms with Gasteiger partial charge in [0.2, 0.25) is 8.32 Å². The molecule has 0 amide bonds. The summed E-state index contributed by atoms with van der Waals surface area (Å²) in [6.45, 7) is 14.3. The maximum absolute atomic E-state index is 9.30. The Morgan fingerprint density at radius 1 is 0.840 bits per heavy atom. The highest BCUT2D eigenvalue weighted by Gasteiger charge is 2.46. The van der Waals surface area contributed by atoms with Crippen molar-refractivity contribution in [3.05, 3.63) is 35.9 Å². The minimum Gasteiger partial charge on any atom is -0.413 e. The van der Waals surface area contributed by atoms with E-state index in [-0.39, 0.29) is 12.7 Å². The first-order chi connectivity index (χ1) is 11.8. The lowest BCUT2D eigenvalue weighted by atomic mass is 10.0. The molecule has 1 aromatic rings. The Labute approximate surface area is 157 Å². The molecule has 1 N–H and O–H groups in total. The fourth-order valence-corrected chi connectivity index (χ4v) is 10.1. The molecule has 1 atom stereocenters. The van der Waals surface area contributed by atoms with Gasteiger partial charge in [-0.25, -0.2) is 0 Å². The van der Waals surface area contributed by atoms with Gasteiger partial charge in [-0.1, -0.05) is 71.9 Å². The molecule has 1 aromatic carbocycles. The maximum Gasteiger partial charge on any atom is 0.200 e. The summed E-state index contributed by atoms with van der Waals surface area (Å²) in [5.74, 6) is 0. The van der Waals surface area contributed by atoms with Crippen molar-refractivity contribution in [2.45, 2.75) is 96.4 Å². The van der Waals surface area contributed by atoms with Gasteiger partial charge in [-0.3, -0.25) is 0 Å². The van der Waals surface area contributed by atoms with Crippen LogP contribution in [0.25, 0.3) is 0 Å². The van der Waals surface area contributed by atoms with Crippen molar-refractivity contribution in [3.63, 3.8) is 0 Å². The van der Waals surface area contributed by atoms with Crippen molar-refractivity contribution in [1.82, 2.24) is 0 Å². The number of aryl methyl sites for hydroxylation is 1. The molecule has 0 bridgehead atoms. The maximum atomic E-state index is 9.30. The third-order valence-corrected chi connectivity index (χ3v) is 11.8. The van der Waals surface area contributed by atoms with Crippen LogP contribution in [0.1, 0.15) is 72.8 Å². The summed E-state index contributed by atoms with van der Waals surface area (Å²) < 4.78 is 6.99. The third kappa shape index (κ3) is 6.54. The summed E-state index contributed by atoms with van der Waals surface area (Å²) in [6, 6.07) is 10.7. The molecule has 1 rings (SSSR count). The van der Waals surface area contributed by atoms with E-state index in [2.05, 4.69) is 71.9 Å². The Balaban J connectivity index is 2.78. The molecule has 1 unspecified atom stereocenters. The van der Waals surface area contributed by atoms with Crippen molar-refractivity contribution in [2.24, 2.45) is 0 Å². The number of hydrogen-bond donors (Lipinski definition) is 1.